The number of fused-ring (bicyclic) bond motifs is 1. The summed E-state index contributed by atoms with van der Waals surface area (Å²) in [6.45, 7) is 4.67. The minimum Gasteiger partial charge on any atom is -0.395 e. The summed E-state index contributed by atoms with van der Waals surface area (Å²) >= 11 is 0. The van der Waals surface area contributed by atoms with Gasteiger partial charge in [0.25, 0.3) is 0 Å². The summed E-state index contributed by atoms with van der Waals surface area (Å²) in [6, 6.07) is 0. The van der Waals surface area contributed by atoms with Gasteiger partial charge in [-0.2, -0.15) is 0 Å². The van der Waals surface area contributed by atoms with Crippen LogP contribution < -0.4 is 10.6 Å². The van der Waals surface area contributed by atoms with Crippen molar-refractivity contribution < 1.29 is 5.11 Å². The number of hydrogen-bond acceptors (Lipinski definition) is 6. The van der Waals surface area contributed by atoms with Crippen LogP contribution in [0.3, 0.4) is 0 Å². The van der Waals surface area contributed by atoms with Gasteiger partial charge in [-0.05, 0) is 13.0 Å². The van der Waals surface area contributed by atoms with Gasteiger partial charge in [-0.3, -0.25) is 4.90 Å². The first-order valence-corrected chi connectivity index (χ1v) is 6.95. The molecule has 1 aliphatic heterocycles. The van der Waals surface area contributed by atoms with E-state index in [0.717, 1.165) is 50.6 Å². The third-order valence-electron chi connectivity index (χ3n) is 3.68. The Morgan fingerprint density at radius 1 is 1.25 bits per heavy atom. The van der Waals surface area contributed by atoms with Crippen molar-refractivity contribution in [1.82, 2.24) is 19.3 Å². The van der Waals surface area contributed by atoms with Crippen molar-refractivity contribution in [2.75, 3.05) is 50.0 Å². The lowest BCUT2D eigenvalue weighted by atomic mass is 10.3. The van der Waals surface area contributed by atoms with Crippen molar-refractivity contribution in [1.29, 1.82) is 0 Å². The van der Waals surface area contributed by atoms with Crippen LogP contribution in [0.2, 0.25) is 0 Å². The lowest BCUT2D eigenvalue weighted by molar-refractivity contribution is 0.204. The van der Waals surface area contributed by atoms with E-state index in [-0.39, 0.29) is 6.61 Å². The van der Waals surface area contributed by atoms with Gasteiger partial charge < -0.3 is 20.1 Å². The summed E-state index contributed by atoms with van der Waals surface area (Å²) < 4.78 is 1.91. The standard InChI is InChI=1S/C13H20N6O/c14-11-10-19-5-2-15-12(19)13(16-11)18-4-1-3-17(6-7-18)8-9-20/h2,5,10,20H,1,3-4,6-9,14H2. The molecule has 0 unspecified atom stereocenters. The molecule has 2 aromatic rings. The second kappa shape index (κ2) is 5.64. The largest absolute Gasteiger partial charge is 0.395 e. The Morgan fingerprint density at radius 3 is 3.00 bits per heavy atom. The molecule has 3 rings (SSSR count). The quantitative estimate of drug-likeness (QED) is 0.809. The van der Waals surface area contributed by atoms with Gasteiger partial charge in [0.05, 0.1) is 12.8 Å². The Balaban J connectivity index is 1.85. The van der Waals surface area contributed by atoms with Gasteiger partial charge in [0.15, 0.2) is 11.5 Å². The maximum Gasteiger partial charge on any atom is 0.180 e. The van der Waals surface area contributed by atoms with Crippen LogP contribution in [-0.2, 0) is 0 Å². The number of hydrogen-bond donors (Lipinski definition) is 2. The van der Waals surface area contributed by atoms with Crippen LogP contribution in [-0.4, -0.2) is 63.7 Å². The molecule has 20 heavy (non-hydrogen) atoms. The smallest absolute Gasteiger partial charge is 0.180 e. The number of anilines is 2. The molecule has 0 amide bonds. The topological polar surface area (TPSA) is 82.9 Å². The zero-order valence-corrected chi connectivity index (χ0v) is 11.4. The van der Waals surface area contributed by atoms with Crippen molar-refractivity contribution >= 4 is 17.3 Å². The molecule has 0 bridgehead atoms. The molecule has 108 valence electrons. The van der Waals surface area contributed by atoms with E-state index >= 15 is 0 Å². The molecule has 0 spiro atoms. The lowest BCUT2D eigenvalue weighted by Gasteiger charge is -2.22. The van der Waals surface area contributed by atoms with E-state index < -0.39 is 0 Å². The zero-order valence-electron chi connectivity index (χ0n) is 11.4. The van der Waals surface area contributed by atoms with Crippen LogP contribution >= 0.6 is 0 Å². The number of aliphatic hydroxyl groups excluding tert-OH is 1. The molecule has 3 heterocycles. The van der Waals surface area contributed by atoms with Crippen molar-refractivity contribution in [3.05, 3.63) is 18.6 Å². The van der Waals surface area contributed by atoms with E-state index in [0.29, 0.717) is 5.82 Å². The lowest BCUT2D eigenvalue weighted by Crippen LogP contribution is -2.33. The highest BCUT2D eigenvalue weighted by atomic mass is 16.3. The van der Waals surface area contributed by atoms with Gasteiger partial charge in [0.2, 0.25) is 0 Å². The van der Waals surface area contributed by atoms with Gasteiger partial charge in [0, 0.05) is 38.6 Å². The number of β-amino-alcohol motifs (C(OH)–C–C–N with tert-alkyl or cyclic N) is 1. The minimum atomic E-state index is 0.209. The van der Waals surface area contributed by atoms with E-state index in [1.54, 1.807) is 12.4 Å². The van der Waals surface area contributed by atoms with Crippen LogP contribution in [0.15, 0.2) is 18.6 Å². The number of imidazole rings is 1. The molecular weight excluding hydrogens is 256 g/mol. The van der Waals surface area contributed by atoms with Crippen LogP contribution in [0, 0.1) is 0 Å². The Bertz CT molecular complexity index is 583. The number of aliphatic hydroxyl groups is 1. The number of rotatable bonds is 3. The third kappa shape index (κ3) is 2.54. The van der Waals surface area contributed by atoms with Crippen LogP contribution in [0.1, 0.15) is 6.42 Å². The predicted molar refractivity (Wildman–Crippen MR) is 77.8 cm³/mol. The molecule has 0 radical (unpaired) electrons. The van der Waals surface area contributed by atoms with Crippen molar-refractivity contribution in [3.63, 3.8) is 0 Å². The van der Waals surface area contributed by atoms with Gasteiger partial charge in [0.1, 0.15) is 5.82 Å². The fourth-order valence-electron chi connectivity index (χ4n) is 2.69. The van der Waals surface area contributed by atoms with E-state index in [4.69, 9.17) is 10.8 Å². The Labute approximate surface area is 117 Å². The first kappa shape index (κ1) is 13.1. The van der Waals surface area contributed by atoms with Gasteiger partial charge >= 0.3 is 0 Å². The zero-order chi connectivity index (χ0) is 13.9. The Hall–Kier alpha value is -1.86. The average Bonchev–Trinajstić information content (AvgIpc) is 2.77. The molecule has 1 saturated heterocycles. The normalized spacial score (nSPS) is 17.6. The molecule has 7 heteroatoms. The van der Waals surface area contributed by atoms with Crippen molar-refractivity contribution in [2.24, 2.45) is 0 Å². The van der Waals surface area contributed by atoms with E-state index in [9.17, 15) is 0 Å². The fourth-order valence-corrected chi connectivity index (χ4v) is 2.69. The molecule has 0 saturated carbocycles. The highest BCUT2D eigenvalue weighted by molar-refractivity contribution is 5.66. The minimum absolute atomic E-state index is 0.209. The molecular formula is C13H20N6O. The first-order chi connectivity index (χ1) is 9.78. The molecule has 0 atom stereocenters. The summed E-state index contributed by atoms with van der Waals surface area (Å²) in [4.78, 5) is 13.3. The summed E-state index contributed by atoms with van der Waals surface area (Å²) in [5.74, 6) is 1.35. The van der Waals surface area contributed by atoms with Crippen molar-refractivity contribution in [2.45, 2.75) is 6.42 Å². The molecule has 2 aromatic heterocycles. The number of nitrogens with zero attached hydrogens (tertiary/aromatic N) is 5. The average molecular weight is 276 g/mol. The number of aromatic nitrogens is 3. The summed E-state index contributed by atoms with van der Waals surface area (Å²) in [5, 5.41) is 9.05. The number of nitrogen functional groups attached to an aromatic ring is 1. The van der Waals surface area contributed by atoms with Crippen LogP contribution in [0.5, 0.6) is 0 Å². The highest BCUT2D eigenvalue weighted by Crippen LogP contribution is 2.20. The molecule has 3 N–H and O–H groups in total. The van der Waals surface area contributed by atoms with Crippen LogP contribution in [0.4, 0.5) is 11.6 Å². The maximum absolute atomic E-state index is 9.05. The van der Waals surface area contributed by atoms with E-state index in [2.05, 4.69) is 19.8 Å². The summed E-state index contributed by atoms with van der Waals surface area (Å²) in [7, 11) is 0. The first-order valence-electron chi connectivity index (χ1n) is 6.95. The Kier molecular flexibility index (Phi) is 3.70. The second-order valence-electron chi connectivity index (χ2n) is 5.05. The summed E-state index contributed by atoms with van der Waals surface area (Å²) in [6.07, 6.45) is 6.47. The van der Waals surface area contributed by atoms with E-state index in [1.165, 1.54) is 0 Å². The SMILES string of the molecule is Nc1cn2ccnc2c(N2CCCN(CCO)CC2)n1. The summed E-state index contributed by atoms with van der Waals surface area (Å²) in [5.41, 5.74) is 6.72. The molecule has 0 aliphatic carbocycles. The van der Waals surface area contributed by atoms with Crippen molar-refractivity contribution in [3.8, 4) is 0 Å². The highest BCUT2D eigenvalue weighted by Gasteiger charge is 2.18. The third-order valence-corrected chi connectivity index (χ3v) is 3.68. The molecule has 1 aliphatic rings. The van der Waals surface area contributed by atoms with Crippen LogP contribution in [0.25, 0.3) is 5.65 Å². The molecule has 0 aromatic carbocycles. The Morgan fingerprint density at radius 2 is 2.15 bits per heavy atom. The molecule has 7 nitrogen and oxygen atoms in total. The maximum atomic E-state index is 9.05. The second-order valence-corrected chi connectivity index (χ2v) is 5.05. The monoisotopic (exact) mass is 276 g/mol. The van der Waals surface area contributed by atoms with E-state index in [1.807, 2.05) is 10.6 Å². The van der Waals surface area contributed by atoms with Gasteiger partial charge in [-0.15, -0.1) is 0 Å². The fraction of sp³-hybridized carbons (Fsp3) is 0.538. The number of nitrogens with two attached hydrogens (primary N) is 1. The molecule has 1 fully saturated rings. The van der Waals surface area contributed by atoms with Gasteiger partial charge in [-0.25, -0.2) is 9.97 Å². The van der Waals surface area contributed by atoms with Gasteiger partial charge in [-0.1, -0.05) is 0 Å². The predicted octanol–water partition coefficient (Wildman–Crippen LogP) is -0.184.